The van der Waals surface area contributed by atoms with Crippen molar-refractivity contribution in [3.05, 3.63) is 29.8 Å². The Labute approximate surface area is 90.4 Å². The number of nitrogens with one attached hydrogen (secondary N) is 1. The third kappa shape index (κ3) is 2.49. The lowest BCUT2D eigenvalue weighted by Gasteiger charge is -2.29. The molecule has 82 valence electrons. The van der Waals surface area contributed by atoms with Gasteiger partial charge in [0.25, 0.3) is 0 Å². The minimum atomic E-state index is 0.305. The molecule has 0 bridgehead atoms. The van der Waals surface area contributed by atoms with Crippen molar-refractivity contribution in [2.45, 2.75) is 19.0 Å². The second-order valence-corrected chi connectivity index (χ2v) is 3.93. The zero-order valence-electron chi connectivity index (χ0n) is 9.19. The molecule has 1 aliphatic heterocycles. The average molecular weight is 207 g/mol. The highest BCUT2D eigenvalue weighted by Crippen LogP contribution is 2.20. The average Bonchev–Trinajstić information content (AvgIpc) is 2.29. The van der Waals surface area contributed by atoms with E-state index in [1.54, 1.807) is 7.11 Å². The molecular formula is C12H17NO2. The number of rotatable bonds is 2. The number of hydrogen-bond donors (Lipinski definition) is 1. The van der Waals surface area contributed by atoms with Gasteiger partial charge in [0.2, 0.25) is 0 Å². The Bertz CT molecular complexity index is 310. The van der Waals surface area contributed by atoms with Crippen molar-refractivity contribution in [1.82, 2.24) is 5.32 Å². The van der Waals surface area contributed by atoms with Crippen LogP contribution < -0.4 is 10.1 Å². The van der Waals surface area contributed by atoms with Crippen molar-refractivity contribution in [3.63, 3.8) is 0 Å². The zero-order chi connectivity index (χ0) is 10.7. The number of morpholine rings is 1. The highest BCUT2D eigenvalue weighted by molar-refractivity contribution is 5.29. The molecule has 3 heteroatoms. The Balaban J connectivity index is 2.07. The van der Waals surface area contributed by atoms with E-state index in [0.29, 0.717) is 12.1 Å². The monoisotopic (exact) mass is 207 g/mol. The molecule has 2 atom stereocenters. The van der Waals surface area contributed by atoms with E-state index in [0.717, 1.165) is 19.0 Å². The normalized spacial score (nSPS) is 26.3. The first-order valence-corrected chi connectivity index (χ1v) is 5.27. The quantitative estimate of drug-likeness (QED) is 0.801. The minimum absolute atomic E-state index is 0.305. The highest BCUT2D eigenvalue weighted by atomic mass is 16.5. The van der Waals surface area contributed by atoms with E-state index in [-0.39, 0.29) is 0 Å². The number of hydrogen-bond acceptors (Lipinski definition) is 3. The predicted molar refractivity (Wildman–Crippen MR) is 59.2 cm³/mol. The third-order valence-corrected chi connectivity index (χ3v) is 2.66. The number of methoxy groups -OCH3 is 1. The predicted octanol–water partition coefficient (Wildman–Crippen LogP) is 1.74. The van der Waals surface area contributed by atoms with Crippen LogP contribution in [0, 0.1) is 0 Å². The Morgan fingerprint density at radius 1 is 1.27 bits per heavy atom. The molecule has 0 aromatic heterocycles. The van der Waals surface area contributed by atoms with Gasteiger partial charge in [-0.2, -0.15) is 0 Å². The lowest BCUT2D eigenvalue weighted by atomic mass is 10.1. The second-order valence-electron chi connectivity index (χ2n) is 3.93. The SMILES string of the molecule is COc1ccc(C2COCC(C)N2)cc1. The summed E-state index contributed by atoms with van der Waals surface area (Å²) in [5.41, 5.74) is 1.25. The van der Waals surface area contributed by atoms with Gasteiger partial charge in [0.05, 0.1) is 26.4 Å². The van der Waals surface area contributed by atoms with Crippen LogP contribution in [-0.2, 0) is 4.74 Å². The van der Waals surface area contributed by atoms with Crippen LogP contribution in [-0.4, -0.2) is 26.4 Å². The van der Waals surface area contributed by atoms with Gasteiger partial charge in [0, 0.05) is 6.04 Å². The van der Waals surface area contributed by atoms with Gasteiger partial charge in [-0.15, -0.1) is 0 Å². The molecule has 0 radical (unpaired) electrons. The van der Waals surface area contributed by atoms with Crippen LogP contribution in [0.2, 0.25) is 0 Å². The summed E-state index contributed by atoms with van der Waals surface area (Å²) < 4.78 is 10.6. The molecule has 1 aliphatic rings. The fraction of sp³-hybridized carbons (Fsp3) is 0.500. The summed E-state index contributed by atoms with van der Waals surface area (Å²) in [6.45, 7) is 3.68. The Morgan fingerprint density at radius 2 is 2.00 bits per heavy atom. The lowest BCUT2D eigenvalue weighted by molar-refractivity contribution is 0.0504. The van der Waals surface area contributed by atoms with Crippen molar-refractivity contribution in [1.29, 1.82) is 0 Å². The van der Waals surface area contributed by atoms with Crippen LogP contribution in [0.25, 0.3) is 0 Å². The van der Waals surface area contributed by atoms with E-state index in [4.69, 9.17) is 9.47 Å². The first kappa shape index (κ1) is 10.5. The molecule has 0 spiro atoms. The Morgan fingerprint density at radius 3 is 2.60 bits per heavy atom. The first-order valence-electron chi connectivity index (χ1n) is 5.27. The molecule has 0 aliphatic carbocycles. The van der Waals surface area contributed by atoms with Gasteiger partial charge in [-0.25, -0.2) is 0 Å². The summed E-state index contributed by atoms with van der Waals surface area (Å²) in [6, 6.07) is 8.85. The molecule has 0 saturated carbocycles. The molecule has 2 rings (SSSR count). The van der Waals surface area contributed by atoms with Crippen molar-refractivity contribution in [2.75, 3.05) is 20.3 Å². The Hall–Kier alpha value is -1.06. The minimum Gasteiger partial charge on any atom is -0.497 e. The van der Waals surface area contributed by atoms with Crippen LogP contribution in [0.1, 0.15) is 18.5 Å². The summed E-state index contributed by atoms with van der Waals surface area (Å²) >= 11 is 0. The van der Waals surface area contributed by atoms with E-state index in [1.807, 2.05) is 12.1 Å². The van der Waals surface area contributed by atoms with Gasteiger partial charge in [0.1, 0.15) is 5.75 Å². The third-order valence-electron chi connectivity index (χ3n) is 2.66. The van der Waals surface area contributed by atoms with Crippen molar-refractivity contribution in [3.8, 4) is 5.75 Å². The standard InChI is InChI=1S/C12H17NO2/c1-9-7-15-8-12(13-9)10-3-5-11(14-2)6-4-10/h3-6,9,12-13H,7-8H2,1-2H3. The summed E-state index contributed by atoms with van der Waals surface area (Å²) in [5, 5.41) is 3.50. The lowest BCUT2D eigenvalue weighted by Crippen LogP contribution is -2.41. The highest BCUT2D eigenvalue weighted by Gasteiger charge is 2.19. The number of ether oxygens (including phenoxy) is 2. The van der Waals surface area contributed by atoms with Crippen LogP contribution in [0.5, 0.6) is 5.75 Å². The molecule has 1 fully saturated rings. The van der Waals surface area contributed by atoms with Crippen LogP contribution in [0.3, 0.4) is 0 Å². The van der Waals surface area contributed by atoms with E-state index in [2.05, 4.69) is 24.4 Å². The summed E-state index contributed by atoms with van der Waals surface area (Å²) in [4.78, 5) is 0. The van der Waals surface area contributed by atoms with Crippen molar-refractivity contribution in [2.24, 2.45) is 0 Å². The van der Waals surface area contributed by atoms with E-state index in [1.165, 1.54) is 5.56 Å². The summed E-state index contributed by atoms with van der Waals surface area (Å²) in [7, 11) is 1.68. The molecule has 1 aromatic rings. The fourth-order valence-electron chi connectivity index (χ4n) is 1.83. The molecule has 2 unspecified atom stereocenters. The molecule has 1 N–H and O–H groups in total. The maximum Gasteiger partial charge on any atom is 0.118 e. The van der Waals surface area contributed by atoms with Crippen molar-refractivity contribution >= 4 is 0 Å². The van der Waals surface area contributed by atoms with Gasteiger partial charge < -0.3 is 14.8 Å². The van der Waals surface area contributed by atoms with Gasteiger partial charge in [-0.05, 0) is 24.6 Å². The maximum absolute atomic E-state index is 5.51. The molecule has 3 nitrogen and oxygen atoms in total. The topological polar surface area (TPSA) is 30.5 Å². The summed E-state index contributed by atoms with van der Waals surface area (Å²) in [5.74, 6) is 0.892. The van der Waals surface area contributed by atoms with E-state index in [9.17, 15) is 0 Å². The smallest absolute Gasteiger partial charge is 0.118 e. The van der Waals surface area contributed by atoms with Gasteiger partial charge >= 0.3 is 0 Å². The zero-order valence-corrected chi connectivity index (χ0v) is 9.19. The van der Waals surface area contributed by atoms with Gasteiger partial charge in [-0.1, -0.05) is 12.1 Å². The van der Waals surface area contributed by atoms with E-state index < -0.39 is 0 Å². The van der Waals surface area contributed by atoms with Gasteiger partial charge in [-0.3, -0.25) is 0 Å². The largest absolute Gasteiger partial charge is 0.497 e. The first-order chi connectivity index (χ1) is 7.29. The molecular weight excluding hydrogens is 190 g/mol. The summed E-state index contributed by atoms with van der Waals surface area (Å²) in [6.07, 6.45) is 0. The van der Waals surface area contributed by atoms with Crippen LogP contribution in [0.15, 0.2) is 24.3 Å². The molecule has 1 heterocycles. The second kappa shape index (κ2) is 4.64. The fourth-order valence-corrected chi connectivity index (χ4v) is 1.83. The number of benzene rings is 1. The molecule has 15 heavy (non-hydrogen) atoms. The Kier molecular flexibility index (Phi) is 3.23. The molecule has 1 saturated heterocycles. The van der Waals surface area contributed by atoms with Crippen LogP contribution >= 0.6 is 0 Å². The van der Waals surface area contributed by atoms with Crippen LogP contribution in [0.4, 0.5) is 0 Å². The molecule has 0 amide bonds. The maximum atomic E-state index is 5.51. The van der Waals surface area contributed by atoms with E-state index >= 15 is 0 Å². The van der Waals surface area contributed by atoms with Crippen molar-refractivity contribution < 1.29 is 9.47 Å². The van der Waals surface area contributed by atoms with Gasteiger partial charge in [0.15, 0.2) is 0 Å². The molecule has 1 aromatic carbocycles.